The molecule has 0 atom stereocenters. The van der Waals surface area contributed by atoms with Gasteiger partial charge >= 0.3 is 0 Å². The molecule has 0 saturated carbocycles. The lowest BCUT2D eigenvalue weighted by molar-refractivity contribution is 0.140. The van der Waals surface area contributed by atoms with Crippen LogP contribution in [0.2, 0.25) is 0 Å². The summed E-state index contributed by atoms with van der Waals surface area (Å²) in [7, 11) is 1.43. The van der Waals surface area contributed by atoms with Crippen molar-refractivity contribution in [2.75, 3.05) is 0 Å². The lowest BCUT2D eigenvalue weighted by atomic mass is 10.4. The summed E-state index contributed by atoms with van der Waals surface area (Å²) >= 11 is 1.75. The predicted octanol–water partition coefficient (Wildman–Crippen LogP) is 1.45. The summed E-state index contributed by atoms with van der Waals surface area (Å²) < 4.78 is 26.0. The SMILES string of the molecule is Cn1nc(CO)c(I)c1C(F)F. The van der Waals surface area contributed by atoms with Gasteiger partial charge in [0.05, 0.1) is 10.2 Å². The third kappa shape index (κ3) is 1.58. The second-order valence-corrected chi connectivity index (χ2v) is 3.31. The molecule has 0 aromatic carbocycles. The molecule has 0 aliphatic carbocycles. The van der Waals surface area contributed by atoms with Crippen molar-refractivity contribution in [3.05, 3.63) is 15.0 Å². The summed E-state index contributed by atoms with van der Waals surface area (Å²) in [6, 6.07) is 0. The van der Waals surface area contributed by atoms with Gasteiger partial charge in [0.1, 0.15) is 11.4 Å². The molecule has 0 spiro atoms. The van der Waals surface area contributed by atoms with Crippen LogP contribution < -0.4 is 0 Å². The fourth-order valence-corrected chi connectivity index (χ4v) is 1.77. The van der Waals surface area contributed by atoms with E-state index in [4.69, 9.17) is 5.11 Å². The Labute approximate surface area is 81.5 Å². The number of aromatic nitrogens is 2. The Bertz CT molecular complexity index is 287. The number of nitrogens with zero attached hydrogens (tertiary/aromatic N) is 2. The van der Waals surface area contributed by atoms with Gasteiger partial charge in [0.15, 0.2) is 0 Å². The van der Waals surface area contributed by atoms with Crippen LogP contribution in [0.3, 0.4) is 0 Å². The van der Waals surface area contributed by atoms with Crippen molar-refractivity contribution in [2.45, 2.75) is 13.0 Å². The van der Waals surface area contributed by atoms with Crippen LogP contribution in [-0.4, -0.2) is 14.9 Å². The summed E-state index contributed by atoms with van der Waals surface area (Å²) in [5.41, 5.74) is 0.160. The Hall–Kier alpha value is -0.240. The molecule has 0 aliphatic heterocycles. The zero-order chi connectivity index (χ0) is 9.30. The number of aliphatic hydroxyl groups excluding tert-OH is 1. The first-order valence-electron chi connectivity index (χ1n) is 3.18. The minimum atomic E-state index is -2.55. The van der Waals surface area contributed by atoms with E-state index in [2.05, 4.69) is 5.10 Å². The molecule has 6 heteroatoms. The molecule has 0 bridgehead atoms. The molecule has 0 fully saturated rings. The number of hydrogen-bond acceptors (Lipinski definition) is 2. The van der Waals surface area contributed by atoms with Crippen LogP contribution in [0.1, 0.15) is 17.8 Å². The molecule has 0 amide bonds. The number of rotatable bonds is 2. The summed E-state index contributed by atoms with van der Waals surface area (Å²) in [6.45, 7) is -0.307. The van der Waals surface area contributed by atoms with Gasteiger partial charge in [-0.2, -0.15) is 5.10 Å². The standard InChI is InChI=1S/C6H7F2IN2O/c1-11-5(6(7)8)4(9)3(2-12)10-11/h6,12H,2H2,1H3. The molecule has 12 heavy (non-hydrogen) atoms. The molecule has 0 radical (unpaired) electrons. The highest BCUT2D eigenvalue weighted by atomic mass is 127. The van der Waals surface area contributed by atoms with Gasteiger partial charge in [-0.15, -0.1) is 0 Å². The van der Waals surface area contributed by atoms with Crippen molar-refractivity contribution < 1.29 is 13.9 Å². The van der Waals surface area contributed by atoms with Crippen LogP contribution in [0.4, 0.5) is 8.78 Å². The van der Waals surface area contributed by atoms with Crippen LogP contribution >= 0.6 is 22.6 Å². The maximum Gasteiger partial charge on any atom is 0.281 e. The molecular weight excluding hydrogens is 281 g/mol. The molecule has 1 rings (SSSR count). The second-order valence-electron chi connectivity index (χ2n) is 2.23. The lowest BCUT2D eigenvalue weighted by Gasteiger charge is -1.98. The highest BCUT2D eigenvalue weighted by Crippen LogP contribution is 2.26. The molecule has 0 aliphatic rings. The third-order valence-electron chi connectivity index (χ3n) is 1.45. The molecule has 1 aromatic rings. The lowest BCUT2D eigenvalue weighted by Crippen LogP contribution is -1.99. The van der Waals surface area contributed by atoms with Crippen molar-refractivity contribution in [2.24, 2.45) is 7.05 Å². The summed E-state index contributed by atoms with van der Waals surface area (Å²) in [5.74, 6) is 0. The van der Waals surface area contributed by atoms with Gasteiger partial charge in [-0.3, -0.25) is 4.68 Å². The van der Waals surface area contributed by atoms with E-state index < -0.39 is 6.43 Å². The Morgan fingerprint density at radius 1 is 1.67 bits per heavy atom. The van der Waals surface area contributed by atoms with E-state index in [1.54, 1.807) is 22.6 Å². The second kappa shape index (κ2) is 3.65. The van der Waals surface area contributed by atoms with Gasteiger partial charge in [-0.25, -0.2) is 8.78 Å². The predicted molar refractivity (Wildman–Crippen MR) is 46.8 cm³/mol. The fourth-order valence-electron chi connectivity index (χ4n) is 0.907. The van der Waals surface area contributed by atoms with Gasteiger partial charge in [-0.05, 0) is 22.6 Å². The minimum absolute atomic E-state index is 0.139. The minimum Gasteiger partial charge on any atom is -0.390 e. The molecule has 0 unspecified atom stereocenters. The average molecular weight is 288 g/mol. The van der Waals surface area contributed by atoms with Crippen molar-refractivity contribution >= 4 is 22.6 Å². The van der Waals surface area contributed by atoms with Crippen LogP contribution in [-0.2, 0) is 13.7 Å². The Balaban J connectivity index is 3.19. The zero-order valence-corrected chi connectivity index (χ0v) is 8.42. The van der Waals surface area contributed by atoms with Gasteiger partial charge in [0.25, 0.3) is 6.43 Å². The number of aryl methyl sites for hydroxylation is 1. The zero-order valence-electron chi connectivity index (χ0n) is 6.26. The van der Waals surface area contributed by atoms with Crippen LogP contribution in [0, 0.1) is 3.57 Å². The normalized spacial score (nSPS) is 11.2. The van der Waals surface area contributed by atoms with E-state index in [1.165, 1.54) is 7.05 Å². The van der Waals surface area contributed by atoms with E-state index in [-0.39, 0.29) is 12.3 Å². The summed E-state index contributed by atoms with van der Waals surface area (Å²) in [5, 5.41) is 12.4. The number of aliphatic hydroxyl groups is 1. The fraction of sp³-hybridized carbons (Fsp3) is 0.500. The van der Waals surface area contributed by atoms with Crippen LogP contribution in [0.25, 0.3) is 0 Å². The van der Waals surface area contributed by atoms with E-state index in [0.717, 1.165) is 4.68 Å². The van der Waals surface area contributed by atoms with E-state index in [9.17, 15) is 8.78 Å². The topological polar surface area (TPSA) is 38.0 Å². The number of halogens is 3. The van der Waals surface area contributed by atoms with E-state index in [0.29, 0.717) is 9.26 Å². The largest absolute Gasteiger partial charge is 0.390 e. The highest BCUT2D eigenvalue weighted by Gasteiger charge is 2.20. The Kier molecular flexibility index (Phi) is 2.99. The maximum absolute atomic E-state index is 12.3. The number of alkyl halides is 2. The quantitative estimate of drug-likeness (QED) is 0.837. The van der Waals surface area contributed by atoms with Gasteiger partial charge < -0.3 is 5.11 Å². The molecule has 3 nitrogen and oxygen atoms in total. The molecule has 68 valence electrons. The molecule has 1 heterocycles. The number of hydrogen-bond donors (Lipinski definition) is 1. The van der Waals surface area contributed by atoms with Gasteiger partial charge in [-0.1, -0.05) is 0 Å². The highest BCUT2D eigenvalue weighted by molar-refractivity contribution is 14.1. The smallest absolute Gasteiger partial charge is 0.281 e. The Morgan fingerprint density at radius 2 is 2.25 bits per heavy atom. The molecule has 1 N–H and O–H groups in total. The monoisotopic (exact) mass is 288 g/mol. The average Bonchev–Trinajstić information content (AvgIpc) is 2.25. The maximum atomic E-state index is 12.3. The molecule has 0 saturated heterocycles. The van der Waals surface area contributed by atoms with Crippen LogP contribution in [0.5, 0.6) is 0 Å². The van der Waals surface area contributed by atoms with Gasteiger partial charge in [0.2, 0.25) is 0 Å². The molecule has 1 aromatic heterocycles. The van der Waals surface area contributed by atoms with E-state index in [1.807, 2.05) is 0 Å². The van der Waals surface area contributed by atoms with Crippen molar-refractivity contribution in [3.63, 3.8) is 0 Å². The first kappa shape index (κ1) is 9.85. The Morgan fingerprint density at radius 3 is 2.50 bits per heavy atom. The van der Waals surface area contributed by atoms with Crippen LogP contribution in [0.15, 0.2) is 0 Å². The summed E-state index contributed by atoms with van der Waals surface area (Å²) in [4.78, 5) is 0. The molecular formula is C6H7F2IN2O. The van der Waals surface area contributed by atoms with Crippen molar-refractivity contribution in [1.82, 2.24) is 9.78 Å². The first-order valence-corrected chi connectivity index (χ1v) is 4.26. The van der Waals surface area contributed by atoms with E-state index >= 15 is 0 Å². The van der Waals surface area contributed by atoms with Crippen molar-refractivity contribution in [1.29, 1.82) is 0 Å². The van der Waals surface area contributed by atoms with Crippen molar-refractivity contribution in [3.8, 4) is 0 Å². The summed E-state index contributed by atoms with van der Waals surface area (Å²) in [6.07, 6.45) is -2.55. The first-order chi connectivity index (χ1) is 5.57. The van der Waals surface area contributed by atoms with Gasteiger partial charge in [0, 0.05) is 7.05 Å². The third-order valence-corrected chi connectivity index (χ3v) is 2.63.